The van der Waals surface area contributed by atoms with E-state index in [1.807, 2.05) is 20.0 Å². The second-order valence-corrected chi connectivity index (χ2v) is 3.78. The highest BCUT2D eigenvalue weighted by molar-refractivity contribution is 5.72. The third-order valence-electron chi connectivity index (χ3n) is 2.22. The van der Waals surface area contributed by atoms with Gasteiger partial charge in [-0.3, -0.25) is 4.79 Å². The van der Waals surface area contributed by atoms with Gasteiger partial charge in [-0.25, -0.2) is 9.97 Å². The largest absolute Gasteiger partial charge is 0.360 e. The Morgan fingerprint density at radius 3 is 2.88 bits per heavy atom. The second-order valence-electron chi connectivity index (χ2n) is 3.78. The van der Waals surface area contributed by atoms with Gasteiger partial charge in [0.25, 0.3) is 0 Å². The SMILES string of the molecule is CC(=O)NCCCN(C)c1cc(C)ncn1. The summed E-state index contributed by atoms with van der Waals surface area (Å²) >= 11 is 0. The number of aromatic nitrogens is 2. The van der Waals surface area contributed by atoms with Crippen LogP contribution in [0.2, 0.25) is 0 Å². The Bertz CT molecular complexity index is 354. The van der Waals surface area contributed by atoms with E-state index in [1.54, 1.807) is 6.33 Å². The van der Waals surface area contributed by atoms with E-state index >= 15 is 0 Å². The Kier molecular flexibility index (Phi) is 4.69. The summed E-state index contributed by atoms with van der Waals surface area (Å²) < 4.78 is 0. The van der Waals surface area contributed by atoms with Crippen LogP contribution in [0.25, 0.3) is 0 Å². The molecule has 0 bridgehead atoms. The summed E-state index contributed by atoms with van der Waals surface area (Å²) in [5.74, 6) is 0.927. The van der Waals surface area contributed by atoms with E-state index in [1.165, 1.54) is 6.92 Å². The molecule has 1 rings (SSSR count). The fourth-order valence-corrected chi connectivity index (χ4v) is 1.34. The fourth-order valence-electron chi connectivity index (χ4n) is 1.34. The van der Waals surface area contributed by atoms with Gasteiger partial charge in [0.15, 0.2) is 0 Å². The number of carbonyl (C=O) groups is 1. The van der Waals surface area contributed by atoms with E-state index in [4.69, 9.17) is 0 Å². The van der Waals surface area contributed by atoms with Gasteiger partial charge in [-0.1, -0.05) is 0 Å². The number of aryl methyl sites for hydroxylation is 1. The predicted molar refractivity (Wildman–Crippen MR) is 63.3 cm³/mol. The zero-order chi connectivity index (χ0) is 12.0. The first-order valence-corrected chi connectivity index (χ1v) is 5.34. The zero-order valence-corrected chi connectivity index (χ0v) is 10.0. The number of nitrogens with zero attached hydrogens (tertiary/aromatic N) is 3. The number of hydrogen-bond acceptors (Lipinski definition) is 4. The Morgan fingerprint density at radius 1 is 1.50 bits per heavy atom. The molecule has 0 fully saturated rings. The first kappa shape index (κ1) is 12.4. The molecule has 0 spiro atoms. The van der Waals surface area contributed by atoms with Crippen LogP contribution >= 0.6 is 0 Å². The predicted octanol–water partition coefficient (Wildman–Crippen LogP) is 0.747. The minimum absolute atomic E-state index is 0.0144. The van der Waals surface area contributed by atoms with E-state index in [2.05, 4.69) is 20.2 Å². The van der Waals surface area contributed by atoms with Gasteiger partial charge in [0.05, 0.1) is 0 Å². The van der Waals surface area contributed by atoms with Crippen LogP contribution < -0.4 is 10.2 Å². The molecule has 0 aliphatic rings. The third-order valence-corrected chi connectivity index (χ3v) is 2.22. The summed E-state index contributed by atoms with van der Waals surface area (Å²) in [5.41, 5.74) is 0.957. The van der Waals surface area contributed by atoms with Gasteiger partial charge >= 0.3 is 0 Å². The van der Waals surface area contributed by atoms with E-state index in [0.717, 1.165) is 24.5 Å². The van der Waals surface area contributed by atoms with E-state index in [-0.39, 0.29) is 5.91 Å². The van der Waals surface area contributed by atoms with Gasteiger partial charge in [0, 0.05) is 38.8 Å². The first-order valence-electron chi connectivity index (χ1n) is 5.34. The molecule has 0 radical (unpaired) electrons. The molecule has 1 heterocycles. The normalized spacial score (nSPS) is 9.94. The molecule has 5 heteroatoms. The monoisotopic (exact) mass is 222 g/mol. The Hall–Kier alpha value is -1.65. The molecule has 0 aliphatic carbocycles. The van der Waals surface area contributed by atoms with Gasteiger partial charge in [-0.05, 0) is 13.3 Å². The molecule has 88 valence electrons. The molecule has 0 unspecified atom stereocenters. The smallest absolute Gasteiger partial charge is 0.216 e. The standard InChI is InChI=1S/C11H18N4O/c1-9-7-11(14-8-13-9)15(3)6-4-5-12-10(2)16/h7-8H,4-6H2,1-3H3,(H,12,16). The summed E-state index contributed by atoms with van der Waals surface area (Å²) in [6, 6.07) is 1.94. The average molecular weight is 222 g/mol. The molecule has 0 atom stereocenters. The zero-order valence-electron chi connectivity index (χ0n) is 10.0. The van der Waals surface area contributed by atoms with Crippen molar-refractivity contribution in [3.05, 3.63) is 18.1 Å². The van der Waals surface area contributed by atoms with Crippen molar-refractivity contribution < 1.29 is 4.79 Å². The van der Waals surface area contributed by atoms with Crippen LogP contribution in [0.1, 0.15) is 19.0 Å². The summed E-state index contributed by atoms with van der Waals surface area (Å²) in [6.45, 7) is 5.02. The summed E-state index contributed by atoms with van der Waals surface area (Å²) in [4.78, 5) is 20.9. The number of anilines is 1. The van der Waals surface area contributed by atoms with E-state index < -0.39 is 0 Å². The van der Waals surface area contributed by atoms with Crippen LogP contribution in [0.4, 0.5) is 5.82 Å². The maximum absolute atomic E-state index is 10.7. The second kappa shape index (κ2) is 6.05. The van der Waals surface area contributed by atoms with Crippen LogP contribution in [0.5, 0.6) is 0 Å². The minimum Gasteiger partial charge on any atom is -0.360 e. The van der Waals surface area contributed by atoms with Gasteiger partial charge in [-0.15, -0.1) is 0 Å². The summed E-state index contributed by atoms with van der Waals surface area (Å²) in [6.07, 6.45) is 2.47. The highest BCUT2D eigenvalue weighted by Gasteiger charge is 2.02. The number of hydrogen-bond donors (Lipinski definition) is 1. The number of amides is 1. The van der Waals surface area contributed by atoms with Gasteiger partial charge < -0.3 is 10.2 Å². The third kappa shape index (κ3) is 4.25. The van der Waals surface area contributed by atoms with E-state index in [9.17, 15) is 4.79 Å². The maximum atomic E-state index is 10.7. The van der Waals surface area contributed by atoms with Crippen molar-refractivity contribution in [2.24, 2.45) is 0 Å². The number of carbonyl (C=O) groups excluding carboxylic acids is 1. The molecule has 1 N–H and O–H groups in total. The molecule has 0 aromatic carbocycles. The number of rotatable bonds is 5. The molecule has 1 aromatic rings. The molecule has 0 saturated heterocycles. The molecule has 16 heavy (non-hydrogen) atoms. The summed E-state index contributed by atoms with van der Waals surface area (Å²) in [7, 11) is 1.98. The Balaban J connectivity index is 2.35. The highest BCUT2D eigenvalue weighted by atomic mass is 16.1. The topological polar surface area (TPSA) is 58.1 Å². The van der Waals surface area contributed by atoms with E-state index in [0.29, 0.717) is 6.54 Å². The Labute approximate surface area is 95.9 Å². The fraction of sp³-hybridized carbons (Fsp3) is 0.545. The average Bonchev–Trinajstić information content (AvgIpc) is 2.24. The van der Waals surface area contributed by atoms with Gasteiger partial charge in [0.1, 0.15) is 12.1 Å². The van der Waals surface area contributed by atoms with Gasteiger partial charge in [-0.2, -0.15) is 0 Å². The lowest BCUT2D eigenvalue weighted by Crippen LogP contribution is -2.26. The van der Waals surface area contributed by atoms with Crippen molar-refractivity contribution in [3.63, 3.8) is 0 Å². The molecular weight excluding hydrogens is 204 g/mol. The molecule has 1 amide bonds. The van der Waals surface area contributed by atoms with Crippen molar-refractivity contribution in [2.45, 2.75) is 20.3 Å². The van der Waals surface area contributed by atoms with Crippen molar-refractivity contribution in [1.82, 2.24) is 15.3 Å². The minimum atomic E-state index is 0.0144. The number of nitrogens with one attached hydrogen (secondary N) is 1. The van der Waals surface area contributed by atoms with Gasteiger partial charge in [0.2, 0.25) is 5.91 Å². The molecule has 1 aromatic heterocycles. The quantitative estimate of drug-likeness (QED) is 0.747. The lowest BCUT2D eigenvalue weighted by molar-refractivity contribution is -0.118. The van der Waals surface area contributed by atoms with Crippen molar-refractivity contribution in [1.29, 1.82) is 0 Å². The molecule has 5 nitrogen and oxygen atoms in total. The van der Waals surface area contributed by atoms with Crippen LogP contribution in [0.15, 0.2) is 12.4 Å². The van der Waals surface area contributed by atoms with Crippen LogP contribution in [-0.2, 0) is 4.79 Å². The van der Waals surface area contributed by atoms with Crippen molar-refractivity contribution >= 4 is 11.7 Å². The molecule has 0 aliphatic heterocycles. The first-order chi connectivity index (χ1) is 7.59. The maximum Gasteiger partial charge on any atom is 0.216 e. The van der Waals surface area contributed by atoms with Crippen molar-refractivity contribution in [2.75, 3.05) is 25.0 Å². The molecule has 0 saturated carbocycles. The lowest BCUT2D eigenvalue weighted by atomic mass is 10.3. The van der Waals surface area contributed by atoms with Crippen molar-refractivity contribution in [3.8, 4) is 0 Å². The van der Waals surface area contributed by atoms with Crippen LogP contribution in [-0.4, -0.2) is 36.0 Å². The summed E-state index contributed by atoms with van der Waals surface area (Å²) in [5, 5.41) is 2.77. The highest BCUT2D eigenvalue weighted by Crippen LogP contribution is 2.08. The Morgan fingerprint density at radius 2 is 2.25 bits per heavy atom. The van der Waals surface area contributed by atoms with Crippen LogP contribution in [0, 0.1) is 6.92 Å². The van der Waals surface area contributed by atoms with Crippen LogP contribution in [0.3, 0.4) is 0 Å². The lowest BCUT2D eigenvalue weighted by Gasteiger charge is -2.17. The molecular formula is C11H18N4O.